The van der Waals surface area contributed by atoms with Crippen molar-refractivity contribution in [1.82, 2.24) is 0 Å². The standard InChI is InChI=1S/C78H82O26Se2/c1-75(2)97-55-49(87-73-63(59(55)99-75)101-77(5,6)103-73)39-85-71-61(95-69(83)47-35-23-13-24-36-47)57(93-67(81)45-31-19-11-20-32-45)53(91-65(79)43-27-15-9-16-28-43)51(89-71)41-105-106-42-52-54(92-66(80)44-29-17-10-18-30-44)58(94-68(82)46-33-21-12-22-34-46)62(96-70(84)48-37-25-14-26-38-48)72(90-52)86-40-50-56-60(100-76(3,4)98-56)64-74(88-50)104-78(7,8)102-64/h9-38,49-64,71-74H,39-42H2,1-8H3/t49-,50-,51-,52-,53-,54-,55+,56+,57+,58+,59+,60+,61-,62-,63-,64-,71-,72-,73-,74-/m1/s1. The number of carbonyl (C=O) groups excluding carboxylic acids is 6. The van der Waals surface area contributed by atoms with E-state index < -0.39 is 208 Å². The maximum atomic E-state index is 14.7. The van der Waals surface area contributed by atoms with E-state index >= 15 is 0 Å². The van der Waals surface area contributed by atoms with Gasteiger partial charge in [0, 0.05) is 0 Å². The van der Waals surface area contributed by atoms with Crippen LogP contribution in [0.5, 0.6) is 0 Å². The van der Waals surface area contributed by atoms with Gasteiger partial charge in [0.2, 0.25) is 0 Å². The van der Waals surface area contributed by atoms with Crippen LogP contribution in [0.25, 0.3) is 0 Å². The fraction of sp³-hybridized carbons (Fsp3) is 0.462. The van der Waals surface area contributed by atoms with Crippen LogP contribution in [0.4, 0.5) is 0 Å². The van der Waals surface area contributed by atoms with Gasteiger partial charge in [-0.05, 0) is 0 Å². The Morgan fingerprint density at radius 2 is 0.519 bits per heavy atom. The fourth-order valence-electron chi connectivity index (χ4n) is 14.0. The maximum absolute atomic E-state index is 14.7. The molecule has 8 aliphatic rings. The average molecular weight is 1590 g/mol. The summed E-state index contributed by atoms with van der Waals surface area (Å²) in [4.78, 5) is 88.1. The third-order valence-electron chi connectivity index (χ3n) is 18.6. The molecule has 28 heteroatoms. The molecule has 0 aromatic heterocycles. The van der Waals surface area contributed by atoms with Gasteiger partial charge in [-0.1, -0.05) is 0 Å². The third kappa shape index (κ3) is 17.4. The Balaban J connectivity index is 0.815. The van der Waals surface area contributed by atoms with E-state index in [0.29, 0.717) is 0 Å². The molecule has 8 saturated heterocycles. The molecule has 0 N–H and O–H groups in total. The van der Waals surface area contributed by atoms with Crippen molar-refractivity contribution in [3.63, 3.8) is 0 Å². The number of esters is 6. The third-order valence-corrected chi connectivity index (χ3v) is 25.7. The molecule has 0 amide bonds. The number of ether oxygens (including phenoxy) is 20. The van der Waals surface area contributed by atoms with E-state index in [1.165, 1.54) is 0 Å². The van der Waals surface area contributed by atoms with E-state index in [-0.39, 0.29) is 57.2 Å². The molecule has 106 heavy (non-hydrogen) atoms. The van der Waals surface area contributed by atoms with Crippen molar-refractivity contribution in [3.8, 4) is 0 Å². The molecule has 0 aliphatic carbocycles. The molecule has 562 valence electrons. The number of hydrogen-bond donors (Lipinski definition) is 0. The summed E-state index contributed by atoms with van der Waals surface area (Å²) in [5, 5.41) is 0.126. The van der Waals surface area contributed by atoms with Gasteiger partial charge in [-0.25, -0.2) is 0 Å². The number of benzene rings is 6. The topological polar surface area (TPSA) is 287 Å². The minimum absolute atomic E-state index is 0.0632. The molecular weight excluding hydrogens is 1510 g/mol. The van der Waals surface area contributed by atoms with Crippen LogP contribution in [-0.4, -0.2) is 221 Å². The molecule has 0 bridgehead atoms. The zero-order chi connectivity index (χ0) is 74.1. The van der Waals surface area contributed by atoms with Crippen LogP contribution in [0, 0.1) is 0 Å². The van der Waals surface area contributed by atoms with E-state index in [4.69, 9.17) is 94.7 Å². The van der Waals surface area contributed by atoms with Crippen LogP contribution in [0.2, 0.25) is 10.6 Å². The van der Waals surface area contributed by atoms with Gasteiger partial charge in [0.25, 0.3) is 0 Å². The van der Waals surface area contributed by atoms with Crippen molar-refractivity contribution in [2.45, 2.75) is 212 Å². The van der Waals surface area contributed by atoms with Crippen LogP contribution < -0.4 is 0 Å². The summed E-state index contributed by atoms with van der Waals surface area (Å²) in [7, 11) is 0. The number of fused-ring (bicyclic) bond motifs is 6. The summed E-state index contributed by atoms with van der Waals surface area (Å²) >= 11 is -1.20. The zero-order valence-corrected chi connectivity index (χ0v) is 62.6. The van der Waals surface area contributed by atoms with Gasteiger partial charge in [-0.15, -0.1) is 0 Å². The van der Waals surface area contributed by atoms with Crippen molar-refractivity contribution in [1.29, 1.82) is 0 Å². The molecule has 14 rings (SSSR count). The van der Waals surface area contributed by atoms with Gasteiger partial charge >= 0.3 is 626 Å². The first-order valence-electron chi connectivity index (χ1n) is 35.0. The molecular formula is C78H82O26Se2. The van der Waals surface area contributed by atoms with Crippen molar-refractivity contribution in [3.05, 3.63) is 215 Å². The molecule has 0 radical (unpaired) electrons. The summed E-state index contributed by atoms with van der Waals surface area (Å²) in [6.07, 6.45) is -23.4. The molecule has 8 aliphatic heterocycles. The summed E-state index contributed by atoms with van der Waals surface area (Å²) in [5.74, 6) is -9.41. The van der Waals surface area contributed by atoms with Crippen molar-refractivity contribution < 1.29 is 124 Å². The van der Waals surface area contributed by atoms with Crippen molar-refractivity contribution >= 4 is 62.1 Å². The molecule has 8 heterocycles. The van der Waals surface area contributed by atoms with Gasteiger partial charge in [0.1, 0.15) is 0 Å². The Morgan fingerprint density at radius 1 is 0.283 bits per heavy atom. The van der Waals surface area contributed by atoms with Gasteiger partial charge in [-0.3, -0.25) is 0 Å². The molecule has 6 aromatic rings. The monoisotopic (exact) mass is 1590 g/mol. The van der Waals surface area contributed by atoms with Gasteiger partial charge < -0.3 is 0 Å². The number of rotatable bonds is 23. The van der Waals surface area contributed by atoms with E-state index in [0.717, 1.165) is 0 Å². The average Bonchev–Trinajstić information content (AvgIpc) is 1.58. The molecule has 26 nitrogen and oxygen atoms in total. The molecule has 0 saturated carbocycles. The van der Waals surface area contributed by atoms with E-state index in [2.05, 4.69) is 0 Å². The molecule has 6 aromatic carbocycles. The van der Waals surface area contributed by atoms with Crippen LogP contribution in [0.3, 0.4) is 0 Å². The van der Waals surface area contributed by atoms with Crippen molar-refractivity contribution in [2.75, 3.05) is 13.2 Å². The second kappa shape index (κ2) is 32.1. The first-order valence-corrected chi connectivity index (χ1v) is 41.7. The fourth-order valence-corrected chi connectivity index (χ4v) is 21.1. The quantitative estimate of drug-likeness (QED) is 0.0250. The molecule has 8 fully saturated rings. The molecule has 20 atom stereocenters. The Kier molecular flexibility index (Phi) is 22.8. The predicted molar refractivity (Wildman–Crippen MR) is 369 cm³/mol. The number of carbonyl (C=O) groups is 6. The second-order valence-corrected chi connectivity index (χ2v) is 35.7. The Hall–Kier alpha value is -7.38. The van der Waals surface area contributed by atoms with Crippen LogP contribution in [-0.2, 0) is 94.7 Å². The zero-order valence-electron chi connectivity index (χ0n) is 59.1. The second-order valence-electron chi connectivity index (χ2n) is 28.2. The van der Waals surface area contributed by atoms with Gasteiger partial charge in [0.05, 0.1) is 0 Å². The van der Waals surface area contributed by atoms with E-state index in [9.17, 15) is 28.8 Å². The van der Waals surface area contributed by atoms with Gasteiger partial charge in [0.15, 0.2) is 0 Å². The predicted octanol–water partition coefficient (Wildman–Crippen LogP) is 8.78. The Bertz CT molecular complexity index is 3770. The molecule has 0 unspecified atom stereocenters. The van der Waals surface area contributed by atoms with Crippen LogP contribution >= 0.6 is 0 Å². The minimum atomic E-state index is -1.67. The summed E-state index contributed by atoms with van der Waals surface area (Å²) in [6.45, 7) is 13.5. The SMILES string of the molecule is CC1(C)O[C@H]2[C@@H](O1)[C@@H](CO[C@@H]1O[C@H](C[Se][Se]C[C@H]3O[C@@H](OC[C@H]4O[C@@H]5OC(C)(C)O[C@@H]5[C@H]5OC(C)(C)O[C@H]54)[C@H](OC(=O)c4ccccc4)[C@@H](OC(=O)c4ccccc4)[C@@H]3OC(=O)c3ccccc3)[C@@H](OC(=O)c3ccccc3)[C@H](OC(=O)c3ccccc3)[C@H]1OC(=O)c1ccccc1)O[C@@H]1OC(C)(C)O[C@@H]12. The first-order chi connectivity index (χ1) is 50.9. The van der Waals surface area contributed by atoms with Crippen molar-refractivity contribution in [2.24, 2.45) is 0 Å². The Labute approximate surface area is 622 Å². The first kappa shape index (κ1) is 75.4. The normalized spacial score (nSPS) is 32.7. The van der Waals surface area contributed by atoms with Crippen LogP contribution in [0.1, 0.15) is 118 Å². The summed E-state index contributed by atoms with van der Waals surface area (Å²) in [5.41, 5.74) is 0.767. The summed E-state index contributed by atoms with van der Waals surface area (Å²) < 4.78 is 131. The van der Waals surface area contributed by atoms with Gasteiger partial charge in [-0.2, -0.15) is 0 Å². The Morgan fingerprint density at radius 3 is 0.802 bits per heavy atom. The number of hydrogen-bond acceptors (Lipinski definition) is 26. The molecule has 0 spiro atoms. The van der Waals surface area contributed by atoms with E-state index in [1.54, 1.807) is 237 Å². The van der Waals surface area contributed by atoms with E-state index in [1.807, 2.05) is 0 Å². The summed E-state index contributed by atoms with van der Waals surface area (Å²) in [6, 6.07) is 48.8. The van der Waals surface area contributed by atoms with Crippen LogP contribution in [0.15, 0.2) is 182 Å².